The van der Waals surface area contributed by atoms with Gasteiger partial charge in [-0.1, -0.05) is 20.8 Å². The van der Waals surface area contributed by atoms with Gasteiger partial charge in [-0.3, -0.25) is 0 Å². The van der Waals surface area contributed by atoms with E-state index in [0.717, 1.165) is 11.8 Å². The lowest BCUT2D eigenvalue weighted by Crippen LogP contribution is -2.43. The average Bonchev–Trinajstić information content (AvgIpc) is 2.95. The Morgan fingerprint density at radius 2 is 2.12 bits per heavy atom. The summed E-state index contributed by atoms with van der Waals surface area (Å²) in [5, 5.41) is 3.58. The van der Waals surface area contributed by atoms with E-state index in [1.807, 2.05) is 0 Å². The molecule has 2 fully saturated rings. The molecule has 1 N–H and O–H groups in total. The first-order valence-electron chi connectivity index (χ1n) is 7.59. The summed E-state index contributed by atoms with van der Waals surface area (Å²) in [6.07, 6.45) is 5.63. The molecule has 0 aromatic rings. The molecule has 1 saturated heterocycles. The van der Waals surface area contributed by atoms with Gasteiger partial charge in [-0.05, 0) is 56.0 Å². The molecule has 2 heteroatoms. The van der Waals surface area contributed by atoms with Gasteiger partial charge in [0.1, 0.15) is 0 Å². The van der Waals surface area contributed by atoms with E-state index in [2.05, 4.69) is 31.0 Å². The Morgan fingerprint density at radius 1 is 1.35 bits per heavy atom. The van der Waals surface area contributed by atoms with Gasteiger partial charge in [-0.2, -0.15) is 0 Å². The van der Waals surface area contributed by atoms with E-state index in [-0.39, 0.29) is 0 Å². The van der Waals surface area contributed by atoms with Crippen LogP contribution in [0.3, 0.4) is 0 Å². The first-order valence-corrected chi connectivity index (χ1v) is 7.59. The van der Waals surface area contributed by atoms with E-state index in [0.29, 0.717) is 5.41 Å². The van der Waals surface area contributed by atoms with Crippen LogP contribution in [-0.2, 0) is 0 Å². The van der Waals surface area contributed by atoms with Crippen molar-refractivity contribution in [2.45, 2.75) is 46.5 Å². The lowest BCUT2D eigenvalue weighted by Gasteiger charge is -2.38. The van der Waals surface area contributed by atoms with Crippen LogP contribution in [0.5, 0.6) is 0 Å². The fourth-order valence-electron chi connectivity index (χ4n) is 3.24. The van der Waals surface area contributed by atoms with Gasteiger partial charge in [-0.15, -0.1) is 0 Å². The summed E-state index contributed by atoms with van der Waals surface area (Å²) in [6.45, 7) is 13.6. The zero-order valence-electron chi connectivity index (χ0n) is 12.0. The Kier molecular flexibility index (Phi) is 4.48. The van der Waals surface area contributed by atoms with Crippen LogP contribution in [0.25, 0.3) is 0 Å². The van der Waals surface area contributed by atoms with Crippen LogP contribution in [0, 0.1) is 17.3 Å². The third-order valence-electron chi connectivity index (χ3n) is 4.79. The molecular formula is C15H30N2. The zero-order chi connectivity index (χ0) is 12.3. The molecule has 17 heavy (non-hydrogen) atoms. The summed E-state index contributed by atoms with van der Waals surface area (Å²) in [6, 6.07) is 0. The zero-order valence-corrected chi connectivity index (χ0v) is 12.0. The van der Waals surface area contributed by atoms with Gasteiger partial charge in [0.25, 0.3) is 0 Å². The van der Waals surface area contributed by atoms with Crippen LogP contribution in [0.1, 0.15) is 46.5 Å². The van der Waals surface area contributed by atoms with Crippen molar-refractivity contribution < 1.29 is 0 Å². The second-order valence-corrected chi connectivity index (χ2v) is 6.62. The fourth-order valence-corrected chi connectivity index (χ4v) is 3.24. The number of rotatable bonds is 7. The Bertz CT molecular complexity index is 227. The third-order valence-corrected chi connectivity index (χ3v) is 4.79. The molecule has 0 spiro atoms. The maximum Gasteiger partial charge on any atom is 0.00532 e. The Hall–Kier alpha value is -0.0800. The monoisotopic (exact) mass is 238 g/mol. The van der Waals surface area contributed by atoms with E-state index in [1.165, 1.54) is 58.4 Å². The Balaban J connectivity index is 1.92. The van der Waals surface area contributed by atoms with Gasteiger partial charge in [0, 0.05) is 19.6 Å². The van der Waals surface area contributed by atoms with Crippen LogP contribution >= 0.6 is 0 Å². The molecule has 100 valence electrons. The summed E-state index contributed by atoms with van der Waals surface area (Å²) in [5.41, 5.74) is 0.546. The summed E-state index contributed by atoms with van der Waals surface area (Å²) >= 11 is 0. The van der Waals surface area contributed by atoms with Gasteiger partial charge in [-0.25, -0.2) is 0 Å². The second kappa shape index (κ2) is 5.71. The summed E-state index contributed by atoms with van der Waals surface area (Å²) in [5.74, 6) is 1.83. The topological polar surface area (TPSA) is 15.3 Å². The van der Waals surface area contributed by atoms with Crippen LogP contribution in [0.2, 0.25) is 0 Å². The van der Waals surface area contributed by atoms with Crippen LogP contribution in [0.4, 0.5) is 0 Å². The van der Waals surface area contributed by atoms with E-state index >= 15 is 0 Å². The molecule has 1 saturated carbocycles. The molecule has 2 nitrogen and oxygen atoms in total. The smallest absolute Gasteiger partial charge is 0.00532 e. The number of nitrogens with zero attached hydrogens (tertiary/aromatic N) is 1. The normalized spacial score (nSPS) is 29.5. The third kappa shape index (κ3) is 3.45. The number of nitrogens with one attached hydrogen (secondary N) is 1. The summed E-state index contributed by atoms with van der Waals surface area (Å²) in [7, 11) is 0. The molecule has 1 heterocycles. The standard InChI is InChI=1S/C15H30N2/c1-4-9-17(10-14-5-6-14)12-15(13(2)3)7-8-16-11-15/h13-14,16H,4-12H2,1-3H3. The van der Waals surface area contributed by atoms with Gasteiger partial charge in [0.15, 0.2) is 0 Å². The van der Waals surface area contributed by atoms with Crippen molar-refractivity contribution in [3.05, 3.63) is 0 Å². The molecule has 1 atom stereocenters. The molecule has 2 rings (SSSR count). The van der Waals surface area contributed by atoms with E-state index < -0.39 is 0 Å². The molecule has 0 aromatic carbocycles. The van der Waals surface area contributed by atoms with Crippen LogP contribution in [-0.4, -0.2) is 37.6 Å². The quantitative estimate of drug-likeness (QED) is 0.733. The SMILES string of the molecule is CCCN(CC1CC1)CC1(C(C)C)CCNC1. The Morgan fingerprint density at radius 3 is 2.59 bits per heavy atom. The first kappa shape index (κ1) is 13.4. The lowest BCUT2D eigenvalue weighted by molar-refractivity contribution is 0.114. The van der Waals surface area contributed by atoms with Crippen molar-refractivity contribution in [2.75, 3.05) is 32.7 Å². The highest BCUT2D eigenvalue weighted by molar-refractivity contribution is 4.93. The largest absolute Gasteiger partial charge is 0.316 e. The van der Waals surface area contributed by atoms with E-state index in [1.54, 1.807) is 0 Å². The van der Waals surface area contributed by atoms with Crippen molar-refractivity contribution in [1.82, 2.24) is 10.2 Å². The molecule has 2 aliphatic rings. The highest BCUT2D eigenvalue weighted by Gasteiger charge is 2.39. The lowest BCUT2D eigenvalue weighted by atomic mass is 9.76. The van der Waals surface area contributed by atoms with E-state index in [4.69, 9.17) is 0 Å². The average molecular weight is 238 g/mol. The van der Waals surface area contributed by atoms with Crippen molar-refractivity contribution in [1.29, 1.82) is 0 Å². The maximum absolute atomic E-state index is 3.58. The molecular weight excluding hydrogens is 208 g/mol. The predicted molar refractivity (Wildman–Crippen MR) is 74.2 cm³/mol. The minimum atomic E-state index is 0.546. The highest BCUT2D eigenvalue weighted by Crippen LogP contribution is 2.37. The first-order chi connectivity index (χ1) is 8.16. The van der Waals surface area contributed by atoms with Crippen molar-refractivity contribution >= 4 is 0 Å². The van der Waals surface area contributed by atoms with Gasteiger partial charge in [0.05, 0.1) is 0 Å². The van der Waals surface area contributed by atoms with Crippen molar-refractivity contribution in [3.63, 3.8) is 0 Å². The van der Waals surface area contributed by atoms with Gasteiger partial charge < -0.3 is 10.2 Å². The molecule has 0 radical (unpaired) electrons. The fraction of sp³-hybridized carbons (Fsp3) is 1.00. The number of hydrogen-bond acceptors (Lipinski definition) is 2. The molecule has 0 aromatic heterocycles. The molecule has 0 bridgehead atoms. The molecule has 0 amide bonds. The van der Waals surface area contributed by atoms with Crippen molar-refractivity contribution in [3.8, 4) is 0 Å². The van der Waals surface area contributed by atoms with Crippen LogP contribution < -0.4 is 5.32 Å². The second-order valence-electron chi connectivity index (χ2n) is 6.62. The number of hydrogen-bond donors (Lipinski definition) is 1. The minimum Gasteiger partial charge on any atom is -0.316 e. The van der Waals surface area contributed by atoms with Gasteiger partial charge >= 0.3 is 0 Å². The molecule has 1 aliphatic carbocycles. The minimum absolute atomic E-state index is 0.546. The maximum atomic E-state index is 3.58. The highest BCUT2D eigenvalue weighted by atomic mass is 15.1. The molecule has 1 unspecified atom stereocenters. The van der Waals surface area contributed by atoms with Crippen LogP contribution in [0.15, 0.2) is 0 Å². The summed E-state index contributed by atoms with van der Waals surface area (Å²) < 4.78 is 0. The van der Waals surface area contributed by atoms with Crippen molar-refractivity contribution in [2.24, 2.45) is 17.3 Å². The van der Waals surface area contributed by atoms with Gasteiger partial charge in [0.2, 0.25) is 0 Å². The van der Waals surface area contributed by atoms with E-state index in [9.17, 15) is 0 Å². The Labute approximate surface area is 107 Å². The predicted octanol–water partition coefficient (Wildman–Crippen LogP) is 2.74. The molecule has 1 aliphatic heterocycles. The summed E-state index contributed by atoms with van der Waals surface area (Å²) in [4.78, 5) is 2.75.